The predicted octanol–water partition coefficient (Wildman–Crippen LogP) is 2.19. The molecule has 164 valence electrons. The van der Waals surface area contributed by atoms with E-state index in [9.17, 15) is 29.3 Å². The predicted molar refractivity (Wildman–Crippen MR) is 109 cm³/mol. The Hall–Kier alpha value is -3.41. The largest absolute Gasteiger partial charge is 0.490 e. The van der Waals surface area contributed by atoms with Crippen molar-refractivity contribution in [3.05, 3.63) is 32.7 Å². The zero-order chi connectivity index (χ0) is 22.7. The first kappa shape index (κ1) is 22.3. The minimum atomic E-state index is -0.769. The minimum Gasteiger partial charge on any atom is -0.490 e. The number of likely N-dealkylation sites (tertiary alicyclic amines) is 1. The van der Waals surface area contributed by atoms with E-state index in [-0.39, 0.29) is 34.4 Å². The lowest BCUT2D eigenvalue weighted by atomic mass is 10.1. The molecule has 0 atom stereocenters. The van der Waals surface area contributed by atoms with Crippen LogP contribution in [-0.2, 0) is 14.4 Å². The number of nitro groups is 1. The average molecular weight is 449 g/mol. The van der Waals surface area contributed by atoms with Gasteiger partial charge < -0.3 is 14.4 Å². The van der Waals surface area contributed by atoms with E-state index in [4.69, 9.17) is 9.47 Å². The van der Waals surface area contributed by atoms with E-state index in [1.807, 2.05) is 0 Å². The van der Waals surface area contributed by atoms with Crippen LogP contribution in [0.5, 0.6) is 11.5 Å². The Morgan fingerprint density at radius 1 is 1.26 bits per heavy atom. The van der Waals surface area contributed by atoms with E-state index >= 15 is 0 Å². The molecule has 1 aromatic rings. The van der Waals surface area contributed by atoms with Crippen molar-refractivity contribution in [1.82, 2.24) is 9.80 Å². The summed E-state index contributed by atoms with van der Waals surface area (Å²) < 4.78 is 10.00. The number of thioether (sulfide) groups is 1. The highest BCUT2D eigenvalue weighted by Crippen LogP contribution is 2.42. The maximum absolute atomic E-state index is 12.7. The molecule has 2 heterocycles. The van der Waals surface area contributed by atoms with Gasteiger partial charge in [-0.2, -0.15) is 0 Å². The van der Waals surface area contributed by atoms with Gasteiger partial charge in [0, 0.05) is 25.6 Å². The lowest BCUT2D eigenvalue weighted by Gasteiger charge is -2.18. The summed E-state index contributed by atoms with van der Waals surface area (Å²) in [5.41, 5.74) is -0.448. The van der Waals surface area contributed by atoms with Gasteiger partial charge in [-0.3, -0.25) is 34.2 Å². The van der Waals surface area contributed by atoms with Gasteiger partial charge in [0.25, 0.3) is 11.1 Å². The standard InChI is InChI=1S/C19H19N3O8S/c1-11(23)30-13-6-5-12(17(29-2)16(13)22(27)28)9-14-18(25)21(19(26)31-14)10-15(24)20-7-3-4-8-20/h5-6,9H,3-4,7-8,10H2,1-2H3/b14-9-. The molecule has 0 radical (unpaired) electrons. The molecule has 1 aromatic carbocycles. The summed E-state index contributed by atoms with van der Waals surface area (Å²) in [4.78, 5) is 61.8. The molecule has 3 rings (SSSR count). The topological polar surface area (TPSA) is 136 Å². The first-order chi connectivity index (χ1) is 14.7. The fourth-order valence-electron chi connectivity index (χ4n) is 3.29. The zero-order valence-corrected chi connectivity index (χ0v) is 17.6. The average Bonchev–Trinajstić information content (AvgIpc) is 3.33. The van der Waals surface area contributed by atoms with Gasteiger partial charge in [0.2, 0.25) is 17.4 Å². The zero-order valence-electron chi connectivity index (χ0n) is 16.8. The molecule has 2 saturated heterocycles. The van der Waals surface area contributed by atoms with Crippen LogP contribution in [0.4, 0.5) is 10.5 Å². The first-order valence-corrected chi connectivity index (χ1v) is 10.1. The molecule has 0 unspecified atom stereocenters. The van der Waals surface area contributed by atoms with Crippen molar-refractivity contribution in [3.63, 3.8) is 0 Å². The first-order valence-electron chi connectivity index (χ1n) is 9.30. The number of amides is 3. The van der Waals surface area contributed by atoms with Gasteiger partial charge in [0.1, 0.15) is 6.54 Å². The van der Waals surface area contributed by atoms with Crippen LogP contribution in [0.1, 0.15) is 25.3 Å². The molecule has 0 aromatic heterocycles. The van der Waals surface area contributed by atoms with Crippen molar-refractivity contribution >= 4 is 46.5 Å². The normalized spacial score (nSPS) is 17.4. The molecular weight excluding hydrogens is 430 g/mol. The van der Waals surface area contributed by atoms with Crippen LogP contribution in [0, 0.1) is 10.1 Å². The van der Waals surface area contributed by atoms with Crippen LogP contribution >= 0.6 is 11.8 Å². The SMILES string of the molecule is COc1c(/C=C2\SC(=O)N(CC(=O)N3CCCC3)C2=O)ccc(OC(C)=O)c1[N+](=O)[O-]. The Kier molecular flexibility index (Phi) is 6.59. The number of methoxy groups -OCH3 is 1. The van der Waals surface area contributed by atoms with Gasteiger partial charge >= 0.3 is 11.7 Å². The summed E-state index contributed by atoms with van der Waals surface area (Å²) in [6.45, 7) is 1.94. The van der Waals surface area contributed by atoms with Crippen LogP contribution in [-0.4, -0.2) is 64.5 Å². The third-order valence-corrected chi connectivity index (χ3v) is 5.59. The number of esters is 1. The Bertz CT molecular complexity index is 1000. The maximum atomic E-state index is 12.7. The highest BCUT2D eigenvalue weighted by molar-refractivity contribution is 8.18. The van der Waals surface area contributed by atoms with Crippen LogP contribution < -0.4 is 9.47 Å². The maximum Gasteiger partial charge on any atom is 0.353 e. The van der Waals surface area contributed by atoms with E-state index in [1.165, 1.54) is 25.3 Å². The van der Waals surface area contributed by atoms with Gasteiger partial charge in [-0.25, -0.2) is 0 Å². The van der Waals surface area contributed by atoms with E-state index in [0.717, 1.165) is 24.7 Å². The molecule has 2 aliphatic rings. The van der Waals surface area contributed by atoms with Crippen molar-refractivity contribution in [3.8, 4) is 11.5 Å². The molecule has 0 bridgehead atoms. The number of nitrogens with zero attached hydrogens (tertiary/aromatic N) is 3. The number of benzene rings is 1. The number of carbonyl (C=O) groups excluding carboxylic acids is 4. The quantitative estimate of drug-likeness (QED) is 0.210. The number of hydrogen-bond donors (Lipinski definition) is 0. The molecule has 0 saturated carbocycles. The smallest absolute Gasteiger partial charge is 0.353 e. The Labute approximate surface area is 181 Å². The van der Waals surface area contributed by atoms with Crippen molar-refractivity contribution in [2.24, 2.45) is 0 Å². The number of ether oxygens (including phenoxy) is 2. The molecule has 0 aliphatic carbocycles. The highest BCUT2D eigenvalue weighted by Gasteiger charge is 2.38. The lowest BCUT2D eigenvalue weighted by Crippen LogP contribution is -2.40. The van der Waals surface area contributed by atoms with E-state index in [2.05, 4.69) is 0 Å². The lowest BCUT2D eigenvalue weighted by molar-refractivity contribution is -0.386. The molecule has 0 spiro atoms. The second-order valence-corrected chi connectivity index (χ2v) is 7.73. The van der Waals surface area contributed by atoms with Crippen LogP contribution in [0.15, 0.2) is 17.0 Å². The Balaban J connectivity index is 1.90. The van der Waals surface area contributed by atoms with Crippen molar-refractivity contribution in [2.45, 2.75) is 19.8 Å². The number of carbonyl (C=O) groups is 4. The van der Waals surface area contributed by atoms with Crippen LogP contribution in [0.2, 0.25) is 0 Å². The third-order valence-electron chi connectivity index (χ3n) is 4.68. The summed E-state index contributed by atoms with van der Waals surface area (Å²) in [5.74, 6) is -2.27. The molecule has 12 heteroatoms. The molecule has 31 heavy (non-hydrogen) atoms. The summed E-state index contributed by atoms with van der Waals surface area (Å²) in [5, 5.41) is 10.9. The van der Waals surface area contributed by atoms with E-state index < -0.39 is 27.7 Å². The number of nitro benzene ring substituents is 1. The van der Waals surface area contributed by atoms with Gasteiger partial charge in [0.05, 0.1) is 16.9 Å². The molecule has 3 amide bonds. The molecular formula is C19H19N3O8S. The van der Waals surface area contributed by atoms with Gasteiger partial charge in [-0.15, -0.1) is 0 Å². The summed E-state index contributed by atoms with van der Waals surface area (Å²) in [7, 11) is 1.19. The number of hydrogen-bond acceptors (Lipinski definition) is 9. The number of imide groups is 1. The van der Waals surface area contributed by atoms with Crippen molar-refractivity contribution in [2.75, 3.05) is 26.7 Å². The number of rotatable bonds is 6. The van der Waals surface area contributed by atoms with Crippen LogP contribution in [0.25, 0.3) is 6.08 Å². The second kappa shape index (κ2) is 9.16. The summed E-state index contributed by atoms with van der Waals surface area (Å²) in [6.07, 6.45) is 3.04. The van der Waals surface area contributed by atoms with Crippen molar-refractivity contribution < 1.29 is 33.6 Å². The van der Waals surface area contributed by atoms with Crippen molar-refractivity contribution in [1.29, 1.82) is 0 Å². The Morgan fingerprint density at radius 3 is 2.52 bits per heavy atom. The van der Waals surface area contributed by atoms with E-state index in [1.54, 1.807) is 4.90 Å². The molecule has 2 aliphatic heterocycles. The molecule has 2 fully saturated rings. The molecule has 11 nitrogen and oxygen atoms in total. The summed E-state index contributed by atoms with van der Waals surface area (Å²) in [6, 6.07) is 2.57. The van der Waals surface area contributed by atoms with E-state index in [0.29, 0.717) is 24.9 Å². The van der Waals surface area contributed by atoms with Gasteiger partial charge in [-0.1, -0.05) is 0 Å². The third kappa shape index (κ3) is 4.68. The Morgan fingerprint density at radius 2 is 1.94 bits per heavy atom. The highest BCUT2D eigenvalue weighted by atomic mass is 32.2. The fraction of sp³-hybridized carbons (Fsp3) is 0.368. The van der Waals surface area contributed by atoms with Gasteiger partial charge in [-0.05, 0) is 42.8 Å². The second-order valence-electron chi connectivity index (χ2n) is 6.74. The van der Waals surface area contributed by atoms with Gasteiger partial charge in [0.15, 0.2) is 0 Å². The van der Waals surface area contributed by atoms with Crippen LogP contribution in [0.3, 0.4) is 0 Å². The monoisotopic (exact) mass is 449 g/mol. The minimum absolute atomic E-state index is 0.00736. The fourth-order valence-corrected chi connectivity index (χ4v) is 4.12. The molecule has 0 N–H and O–H groups in total. The summed E-state index contributed by atoms with van der Waals surface area (Å²) >= 11 is 0.626.